The van der Waals surface area contributed by atoms with Crippen molar-refractivity contribution in [2.24, 2.45) is 10.7 Å². The number of hydrogen-bond acceptors (Lipinski definition) is 8. The van der Waals surface area contributed by atoms with Crippen LogP contribution >= 0.6 is 23.2 Å². The number of benzene rings is 2. The summed E-state index contributed by atoms with van der Waals surface area (Å²) in [6, 6.07) is 10.9. The topological polar surface area (TPSA) is 192 Å². The lowest BCUT2D eigenvalue weighted by Crippen LogP contribution is -2.46. The quantitative estimate of drug-likeness (QED) is 0.254. The molecule has 0 unspecified atom stereocenters. The lowest BCUT2D eigenvalue weighted by Gasteiger charge is -2.21. The van der Waals surface area contributed by atoms with Crippen LogP contribution in [0.3, 0.4) is 0 Å². The Balaban J connectivity index is 1.49. The van der Waals surface area contributed by atoms with Crippen molar-refractivity contribution in [1.82, 2.24) is 19.8 Å². The summed E-state index contributed by atoms with van der Waals surface area (Å²) in [5.74, 6) is -1.84. The van der Waals surface area contributed by atoms with E-state index in [-0.39, 0.29) is 22.4 Å². The highest BCUT2D eigenvalue weighted by Gasteiger charge is 2.30. The number of carbonyl (C=O) groups is 4. The molecule has 2 aromatic carbocycles. The van der Waals surface area contributed by atoms with Gasteiger partial charge >= 0.3 is 6.09 Å². The van der Waals surface area contributed by atoms with Gasteiger partial charge in [0.05, 0.1) is 49.3 Å². The number of sulfonamides is 1. The molecular formula is C24H26Cl2N6O7S. The second kappa shape index (κ2) is 13.7. The zero-order valence-corrected chi connectivity index (χ0v) is 23.3. The van der Waals surface area contributed by atoms with Crippen molar-refractivity contribution in [3.8, 4) is 0 Å². The Bertz CT molecular complexity index is 1430. The molecule has 0 bridgehead atoms. The molecule has 3 rings (SSSR count). The number of amides is 3. The summed E-state index contributed by atoms with van der Waals surface area (Å²) in [5, 5.41) is 14.2. The van der Waals surface area contributed by atoms with Gasteiger partial charge in [-0.15, -0.1) is 0 Å². The van der Waals surface area contributed by atoms with Crippen LogP contribution in [0.2, 0.25) is 10.0 Å². The van der Waals surface area contributed by atoms with E-state index in [1.54, 1.807) is 24.3 Å². The Morgan fingerprint density at radius 2 is 1.75 bits per heavy atom. The minimum Gasteiger partial charge on any atom is -0.465 e. The van der Waals surface area contributed by atoms with Crippen LogP contribution in [0.5, 0.6) is 0 Å². The van der Waals surface area contributed by atoms with Gasteiger partial charge in [-0.3, -0.25) is 24.3 Å². The summed E-state index contributed by atoms with van der Waals surface area (Å²) < 4.78 is 26.6. The van der Waals surface area contributed by atoms with Gasteiger partial charge in [-0.1, -0.05) is 53.5 Å². The fourth-order valence-corrected chi connectivity index (χ4v) is 5.79. The van der Waals surface area contributed by atoms with Crippen LogP contribution in [0, 0.1) is 0 Å². The third kappa shape index (κ3) is 7.99. The Labute approximate surface area is 240 Å². The first-order valence-electron chi connectivity index (χ1n) is 11.8. The number of ketones is 1. The van der Waals surface area contributed by atoms with Crippen molar-refractivity contribution in [3.05, 3.63) is 63.6 Å². The molecule has 1 aliphatic rings. The maximum atomic E-state index is 13.0. The zero-order chi connectivity index (χ0) is 29.4. The van der Waals surface area contributed by atoms with E-state index in [0.29, 0.717) is 35.3 Å². The Kier molecular flexibility index (Phi) is 10.6. The number of aliphatic imine (C=N–C) groups is 1. The minimum absolute atomic E-state index is 0.0340. The predicted molar refractivity (Wildman–Crippen MR) is 147 cm³/mol. The average molecular weight is 613 g/mol. The van der Waals surface area contributed by atoms with Crippen LogP contribution in [0.1, 0.15) is 11.1 Å². The lowest BCUT2D eigenvalue weighted by molar-refractivity contribution is -0.125. The van der Waals surface area contributed by atoms with Crippen molar-refractivity contribution in [2.45, 2.75) is 11.4 Å². The van der Waals surface area contributed by atoms with Crippen molar-refractivity contribution in [3.63, 3.8) is 0 Å². The number of primary amides is 1. The Hall–Kier alpha value is -3.56. The number of nitrogens with one attached hydrogen (secondary N) is 2. The first-order chi connectivity index (χ1) is 18.9. The van der Waals surface area contributed by atoms with Crippen LogP contribution in [-0.4, -0.2) is 91.5 Å². The highest BCUT2D eigenvalue weighted by Crippen LogP contribution is 2.30. The molecule has 16 heteroatoms. The molecule has 40 heavy (non-hydrogen) atoms. The van der Waals surface area contributed by atoms with Gasteiger partial charge in [0.15, 0.2) is 5.78 Å². The van der Waals surface area contributed by atoms with Gasteiger partial charge in [-0.25, -0.2) is 13.2 Å². The zero-order valence-electron chi connectivity index (χ0n) is 21.0. The van der Waals surface area contributed by atoms with E-state index in [2.05, 4.69) is 15.6 Å². The molecule has 0 saturated heterocycles. The SMILES string of the molecule is NC(=O)CN(CC(=O)NCC(=O)CNCc1ccc(C2=NCCN2C(=O)O)cc1)S(=O)(=O)c1cccc(Cl)c1Cl. The monoisotopic (exact) mass is 612 g/mol. The van der Waals surface area contributed by atoms with Crippen molar-refractivity contribution >= 4 is 62.8 Å². The van der Waals surface area contributed by atoms with Crippen LogP contribution in [0.4, 0.5) is 4.79 Å². The number of Topliss-reactive ketones (excluding diaryl/α,β-unsaturated/α-hetero) is 1. The number of amidine groups is 1. The third-order valence-electron chi connectivity index (χ3n) is 5.60. The summed E-state index contributed by atoms with van der Waals surface area (Å²) >= 11 is 11.9. The normalized spacial score (nSPS) is 13.3. The smallest absolute Gasteiger partial charge is 0.413 e. The fourth-order valence-electron chi connectivity index (χ4n) is 3.70. The molecular weight excluding hydrogens is 587 g/mol. The van der Waals surface area contributed by atoms with Crippen LogP contribution in [-0.2, 0) is 31.0 Å². The molecule has 13 nitrogen and oxygen atoms in total. The summed E-state index contributed by atoms with van der Waals surface area (Å²) in [5.41, 5.74) is 6.65. The van der Waals surface area contributed by atoms with E-state index in [1.807, 2.05) is 0 Å². The summed E-state index contributed by atoms with van der Waals surface area (Å²) in [6.07, 6.45) is -1.07. The second-order valence-electron chi connectivity index (χ2n) is 8.55. The molecule has 1 heterocycles. The Morgan fingerprint density at radius 1 is 1.05 bits per heavy atom. The molecule has 0 aromatic heterocycles. The number of halogens is 2. The molecule has 0 aliphatic carbocycles. The van der Waals surface area contributed by atoms with Crippen molar-refractivity contribution < 1.29 is 32.7 Å². The van der Waals surface area contributed by atoms with Crippen molar-refractivity contribution in [1.29, 1.82) is 0 Å². The Morgan fingerprint density at radius 3 is 2.40 bits per heavy atom. The maximum absolute atomic E-state index is 13.0. The summed E-state index contributed by atoms with van der Waals surface area (Å²) in [6.45, 7) is -1.04. The summed E-state index contributed by atoms with van der Waals surface area (Å²) in [7, 11) is -4.42. The molecule has 5 N–H and O–H groups in total. The van der Waals surface area contributed by atoms with E-state index in [1.165, 1.54) is 23.1 Å². The number of carbonyl (C=O) groups excluding carboxylic acids is 3. The average Bonchev–Trinajstić information content (AvgIpc) is 3.39. The minimum atomic E-state index is -4.42. The van der Waals surface area contributed by atoms with Crippen LogP contribution in [0.15, 0.2) is 52.4 Å². The predicted octanol–water partition coefficient (Wildman–Crippen LogP) is 0.685. The molecule has 0 saturated carbocycles. The van der Waals surface area contributed by atoms with Gasteiger partial charge in [0.25, 0.3) is 0 Å². The standard InChI is InChI=1S/C24H26Cl2N6O7S/c25-18-2-1-3-19(22(18)26)40(38,39)31(13-20(27)34)14-21(35)30-12-17(33)11-28-10-15-4-6-16(7-5-15)23-29-8-9-32(23)24(36)37/h1-7,28H,8-14H2,(H2,27,34)(H,30,35)(H,36,37). The van der Waals surface area contributed by atoms with E-state index in [9.17, 15) is 32.7 Å². The summed E-state index contributed by atoms with van der Waals surface area (Å²) in [4.78, 5) is 52.4. The number of nitrogens with zero attached hydrogens (tertiary/aromatic N) is 3. The first kappa shape index (κ1) is 31.0. The molecule has 0 fully saturated rings. The number of nitrogens with two attached hydrogens (primary N) is 1. The van der Waals surface area contributed by atoms with Crippen LogP contribution < -0.4 is 16.4 Å². The largest absolute Gasteiger partial charge is 0.465 e. The van der Waals surface area contributed by atoms with E-state index >= 15 is 0 Å². The van der Waals surface area contributed by atoms with Gasteiger partial charge < -0.3 is 21.5 Å². The third-order valence-corrected chi connectivity index (χ3v) is 8.37. The number of hydrogen-bond donors (Lipinski definition) is 4. The van der Waals surface area contributed by atoms with Gasteiger partial charge in [-0.05, 0) is 17.7 Å². The van der Waals surface area contributed by atoms with Gasteiger partial charge in [-0.2, -0.15) is 4.31 Å². The molecule has 1 aliphatic heterocycles. The number of rotatable bonds is 13. The highest BCUT2D eigenvalue weighted by atomic mass is 35.5. The molecule has 214 valence electrons. The molecule has 2 aromatic rings. The molecule has 3 amide bonds. The van der Waals surface area contributed by atoms with Crippen molar-refractivity contribution in [2.75, 3.05) is 39.3 Å². The van der Waals surface area contributed by atoms with Gasteiger partial charge in [0.2, 0.25) is 21.8 Å². The van der Waals surface area contributed by atoms with Gasteiger partial charge in [0, 0.05) is 12.1 Å². The molecule has 0 radical (unpaired) electrons. The number of carboxylic acid groups (broad SMARTS) is 1. The van der Waals surface area contributed by atoms with E-state index < -0.39 is 52.5 Å². The maximum Gasteiger partial charge on any atom is 0.413 e. The fraction of sp³-hybridized carbons (Fsp3) is 0.292. The van der Waals surface area contributed by atoms with Crippen LogP contribution in [0.25, 0.3) is 0 Å². The first-order valence-corrected chi connectivity index (χ1v) is 14.0. The highest BCUT2D eigenvalue weighted by molar-refractivity contribution is 7.89. The molecule has 0 atom stereocenters. The van der Waals surface area contributed by atoms with Gasteiger partial charge in [0.1, 0.15) is 10.7 Å². The van der Waals surface area contributed by atoms with E-state index in [4.69, 9.17) is 28.9 Å². The van der Waals surface area contributed by atoms with E-state index in [0.717, 1.165) is 5.56 Å². The lowest BCUT2D eigenvalue weighted by atomic mass is 10.1. The molecule has 0 spiro atoms. The second-order valence-corrected chi connectivity index (χ2v) is 11.2.